The molecule has 1 aliphatic carbocycles. The number of aromatic nitrogens is 3. The molecule has 0 atom stereocenters. The van der Waals surface area contributed by atoms with Gasteiger partial charge in [0.2, 0.25) is 5.88 Å². The topological polar surface area (TPSA) is 88.1 Å². The molecule has 0 bridgehead atoms. The number of benzene rings is 1. The smallest absolute Gasteiger partial charge is 0.399 e. The van der Waals surface area contributed by atoms with Gasteiger partial charge < -0.3 is 14.8 Å². The zero-order valence-electron chi connectivity index (χ0n) is 19.2. The van der Waals surface area contributed by atoms with E-state index in [0.29, 0.717) is 23.7 Å². The molecule has 0 aliphatic heterocycles. The van der Waals surface area contributed by atoms with Crippen molar-refractivity contribution in [3.63, 3.8) is 0 Å². The van der Waals surface area contributed by atoms with Crippen LogP contribution >= 0.6 is 0 Å². The number of hydrogen-bond acceptors (Lipinski definition) is 4. The summed E-state index contributed by atoms with van der Waals surface area (Å²) < 4.78 is 46.4. The molecular formula is C25H26F3N3O3. The van der Waals surface area contributed by atoms with Gasteiger partial charge in [-0.15, -0.1) is 0 Å². The fourth-order valence-corrected chi connectivity index (χ4v) is 3.98. The lowest BCUT2D eigenvalue weighted by Crippen LogP contribution is -2.48. The fourth-order valence-electron chi connectivity index (χ4n) is 3.98. The van der Waals surface area contributed by atoms with Crippen molar-refractivity contribution < 1.29 is 27.8 Å². The lowest BCUT2D eigenvalue weighted by molar-refractivity contribution is -0.213. The van der Waals surface area contributed by atoms with Gasteiger partial charge in [0.15, 0.2) is 0 Å². The van der Waals surface area contributed by atoms with Crippen LogP contribution < -0.4 is 4.74 Å². The van der Waals surface area contributed by atoms with Gasteiger partial charge in [-0.1, -0.05) is 30.7 Å². The number of carbonyl (C=O) groups is 1. The molecule has 9 heteroatoms. The molecule has 2 heterocycles. The van der Waals surface area contributed by atoms with E-state index in [1.165, 1.54) is 6.20 Å². The van der Waals surface area contributed by atoms with E-state index in [9.17, 15) is 23.1 Å². The Morgan fingerprint density at radius 3 is 2.29 bits per heavy atom. The Kier molecular flexibility index (Phi) is 5.91. The summed E-state index contributed by atoms with van der Waals surface area (Å²) in [7, 11) is 0. The number of rotatable bonds is 7. The molecule has 0 amide bonds. The van der Waals surface area contributed by atoms with Crippen LogP contribution in [-0.2, 0) is 10.2 Å². The highest BCUT2D eigenvalue weighted by molar-refractivity contribution is 5.74. The Hall–Kier alpha value is -3.36. The van der Waals surface area contributed by atoms with E-state index >= 15 is 0 Å². The third-order valence-electron chi connectivity index (χ3n) is 6.56. The second-order valence-electron chi connectivity index (χ2n) is 9.47. The van der Waals surface area contributed by atoms with E-state index in [4.69, 9.17) is 4.74 Å². The van der Waals surface area contributed by atoms with E-state index < -0.39 is 23.0 Å². The van der Waals surface area contributed by atoms with E-state index in [2.05, 4.69) is 15.0 Å². The number of nitrogens with one attached hydrogen (secondary N) is 1. The van der Waals surface area contributed by atoms with Gasteiger partial charge in [0.25, 0.3) is 0 Å². The molecule has 34 heavy (non-hydrogen) atoms. The number of halogens is 3. The van der Waals surface area contributed by atoms with Gasteiger partial charge >= 0.3 is 12.1 Å². The fraction of sp³-hybridized carbons (Fsp3) is 0.400. The summed E-state index contributed by atoms with van der Waals surface area (Å²) in [5.41, 5.74) is 0.590. The number of aryl methyl sites for hydroxylation is 1. The summed E-state index contributed by atoms with van der Waals surface area (Å²) in [5, 5.41) is 9.21. The van der Waals surface area contributed by atoms with Crippen LogP contribution in [0.3, 0.4) is 0 Å². The average molecular weight is 473 g/mol. The third-order valence-corrected chi connectivity index (χ3v) is 6.56. The first-order chi connectivity index (χ1) is 15.9. The van der Waals surface area contributed by atoms with Crippen molar-refractivity contribution >= 4 is 5.97 Å². The summed E-state index contributed by atoms with van der Waals surface area (Å²) in [6.07, 6.45) is -0.635. The van der Waals surface area contributed by atoms with Crippen molar-refractivity contribution in [2.24, 2.45) is 5.41 Å². The number of pyridine rings is 1. The Bertz CT molecular complexity index is 1200. The minimum atomic E-state index is -4.30. The van der Waals surface area contributed by atoms with Crippen LogP contribution in [0.25, 0.3) is 22.5 Å². The number of aliphatic carboxylic acids is 1. The van der Waals surface area contributed by atoms with Crippen molar-refractivity contribution in [2.45, 2.75) is 51.6 Å². The Morgan fingerprint density at radius 2 is 1.76 bits per heavy atom. The van der Waals surface area contributed by atoms with Crippen LogP contribution in [0.2, 0.25) is 0 Å². The first kappa shape index (κ1) is 23.8. The number of carboxylic acids is 1. The highest BCUT2D eigenvalue weighted by atomic mass is 19.4. The maximum Gasteiger partial charge on any atom is 0.399 e. The SMILES string of the molecule is Cc1cc(OCC(C)(C)C(=O)O)ncc1-c1ccc(-c2ncc(C3(C(F)(F)F)CCC3)[nH]2)cc1. The number of ether oxygens (including phenoxy) is 1. The van der Waals surface area contributed by atoms with Gasteiger partial charge in [-0.25, -0.2) is 9.97 Å². The highest BCUT2D eigenvalue weighted by Gasteiger charge is 2.60. The first-order valence-electron chi connectivity index (χ1n) is 11.0. The Balaban J connectivity index is 1.50. The average Bonchev–Trinajstić information content (AvgIpc) is 3.20. The number of H-pyrrole nitrogens is 1. The number of aromatic amines is 1. The number of carboxylic acid groups (broad SMARTS) is 1. The van der Waals surface area contributed by atoms with Crippen LogP contribution in [0.1, 0.15) is 44.4 Å². The molecule has 180 valence electrons. The summed E-state index contributed by atoms with van der Waals surface area (Å²) >= 11 is 0. The molecule has 3 aromatic rings. The van der Waals surface area contributed by atoms with Crippen LogP contribution in [0.15, 0.2) is 42.7 Å². The van der Waals surface area contributed by atoms with Gasteiger partial charge in [0.1, 0.15) is 17.8 Å². The minimum absolute atomic E-state index is 0.0103. The zero-order valence-corrected chi connectivity index (χ0v) is 19.2. The van der Waals surface area contributed by atoms with Crippen LogP contribution in [0, 0.1) is 12.3 Å². The molecule has 0 unspecified atom stereocenters. The molecule has 0 saturated heterocycles. The van der Waals surface area contributed by atoms with E-state index in [-0.39, 0.29) is 25.1 Å². The number of hydrogen-bond donors (Lipinski definition) is 2. The second-order valence-corrected chi connectivity index (χ2v) is 9.47. The molecule has 0 spiro atoms. The van der Waals surface area contributed by atoms with Crippen LogP contribution in [0.5, 0.6) is 5.88 Å². The molecule has 1 saturated carbocycles. The van der Waals surface area contributed by atoms with E-state index in [1.807, 2.05) is 19.1 Å². The Morgan fingerprint density at radius 1 is 1.12 bits per heavy atom. The zero-order chi connectivity index (χ0) is 24.7. The third kappa shape index (κ3) is 4.26. The van der Waals surface area contributed by atoms with Crippen LogP contribution in [-0.4, -0.2) is 38.8 Å². The first-order valence-corrected chi connectivity index (χ1v) is 11.0. The minimum Gasteiger partial charge on any atom is -0.481 e. The largest absolute Gasteiger partial charge is 0.481 e. The van der Waals surface area contributed by atoms with Crippen molar-refractivity contribution in [1.82, 2.24) is 15.0 Å². The number of nitrogens with zero attached hydrogens (tertiary/aromatic N) is 2. The standard InChI is InChI=1S/C25H26F3N3O3/c1-15-11-20(34-14-23(2,3)22(32)33)29-12-18(15)16-5-7-17(8-6-16)21-30-13-19(31-21)24(9-4-10-24)25(26,27)28/h5-8,11-13H,4,9-10,14H2,1-3H3,(H,30,31)(H,32,33). The van der Waals surface area contributed by atoms with Crippen molar-refractivity contribution in [2.75, 3.05) is 6.61 Å². The monoisotopic (exact) mass is 473 g/mol. The molecule has 1 fully saturated rings. The predicted octanol–water partition coefficient (Wildman–Crippen LogP) is 5.92. The predicted molar refractivity (Wildman–Crippen MR) is 120 cm³/mol. The molecule has 0 radical (unpaired) electrons. The molecule has 6 nitrogen and oxygen atoms in total. The Labute approximate surface area is 195 Å². The number of imidazole rings is 1. The van der Waals surface area contributed by atoms with Gasteiger partial charge in [-0.3, -0.25) is 4.79 Å². The summed E-state index contributed by atoms with van der Waals surface area (Å²) in [5.74, 6) is -0.215. The lowest BCUT2D eigenvalue weighted by atomic mass is 9.66. The van der Waals surface area contributed by atoms with Gasteiger partial charge in [-0.2, -0.15) is 13.2 Å². The second kappa shape index (κ2) is 8.45. The summed E-state index contributed by atoms with van der Waals surface area (Å²) in [6.45, 7) is 5.04. The van der Waals surface area contributed by atoms with Crippen molar-refractivity contribution in [3.05, 3.63) is 54.0 Å². The van der Waals surface area contributed by atoms with E-state index in [0.717, 1.165) is 16.7 Å². The van der Waals surface area contributed by atoms with E-state index in [1.54, 1.807) is 38.2 Å². The van der Waals surface area contributed by atoms with Gasteiger partial charge in [0, 0.05) is 29.6 Å². The van der Waals surface area contributed by atoms with Crippen molar-refractivity contribution in [3.8, 4) is 28.4 Å². The molecule has 1 aliphatic rings. The van der Waals surface area contributed by atoms with Crippen molar-refractivity contribution in [1.29, 1.82) is 0 Å². The molecule has 4 rings (SSSR count). The quantitative estimate of drug-likeness (QED) is 0.445. The lowest BCUT2D eigenvalue weighted by Gasteiger charge is -2.42. The summed E-state index contributed by atoms with van der Waals surface area (Å²) in [6, 6.07) is 9.07. The van der Waals surface area contributed by atoms with Gasteiger partial charge in [-0.05, 0) is 44.7 Å². The number of alkyl halides is 3. The molecule has 1 aromatic carbocycles. The molecule has 2 aromatic heterocycles. The molecule has 2 N–H and O–H groups in total. The summed E-state index contributed by atoms with van der Waals surface area (Å²) in [4.78, 5) is 22.6. The maximum atomic E-state index is 13.6. The highest BCUT2D eigenvalue weighted by Crippen LogP contribution is 2.54. The van der Waals surface area contributed by atoms with Gasteiger partial charge in [0.05, 0.1) is 11.1 Å². The van der Waals surface area contributed by atoms with Crippen LogP contribution in [0.4, 0.5) is 13.2 Å². The molecular weight excluding hydrogens is 447 g/mol. The maximum absolute atomic E-state index is 13.6. The normalized spacial score (nSPS) is 15.6.